The number of piperidine rings is 1. The van der Waals surface area contributed by atoms with Crippen LogP contribution in [0.1, 0.15) is 43.1 Å². The van der Waals surface area contributed by atoms with E-state index in [2.05, 4.69) is 33.4 Å². The van der Waals surface area contributed by atoms with Gasteiger partial charge in [-0.15, -0.1) is 0 Å². The molecule has 1 aromatic heterocycles. The van der Waals surface area contributed by atoms with Gasteiger partial charge in [-0.25, -0.2) is 4.98 Å². The number of aromatic nitrogens is 2. The van der Waals surface area contributed by atoms with Gasteiger partial charge in [0.15, 0.2) is 0 Å². The molecular weight excluding hydrogens is 224 g/mol. The SMILES string of the molecule is CN1CCC(c2cnc(CC3CCCN3)[nH]2)CC1. The summed E-state index contributed by atoms with van der Waals surface area (Å²) in [5.74, 6) is 1.86. The highest BCUT2D eigenvalue weighted by molar-refractivity contribution is 5.10. The number of hydrogen-bond donors (Lipinski definition) is 2. The molecule has 4 nitrogen and oxygen atoms in total. The second kappa shape index (κ2) is 5.41. The van der Waals surface area contributed by atoms with E-state index in [1.54, 1.807) is 0 Å². The minimum Gasteiger partial charge on any atom is -0.346 e. The van der Waals surface area contributed by atoms with Crippen molar-refractivity contribution >= 4 is 0 Å². The predicted octanol–water partition coefficient (Wildman–Crippen LogP) is 1.51. The molecule has 0 bridgehead atoms. The van der Waals surface area contributed by atoms with Crippen LogP contribution in [0, 0.1) is 0 Å². The Balaban J connectivity index is 1.58. The van der Waals surface area contributed by atoms with Crippen molar-refractivity contribution in [2.24, 2.45) is 0 Å². The molecule has 1 unspecified atom stereocenters. The molecule has 0 saturated carbocycles. The molecule has 3 rings (SSSR count). The summed E-state index contributed by atoms with van der Waals surface area (Å²) in [6.07, 6.45) is 8.27. The Bertz CT molecular complexity index is 373. The molecule has 3 heterocycles. The lowest BCUT2D eigenvalue weighted by molar-refractivity contribution is 0.253. The zero-order chi connectivity index (χ0) is 12.4. The van der Waals surface area contributed by atoms with E-state index in [1.807, 2.05) is 0 Å². The van der Waals surface area contributed by atoms with E-state index in [1.165, 1.54) is 56.8 Å². The van der Waals surface area contributed by atoms with E-state index < -0.39 is 0 Å². The average Bonchev–Trinajstić information content (AvgIpc) is 3.02. The summed E-state index contributed by atoms with van der Waals surface area (Å²) >= 11 is 0. The largest absolute Gasteiger partial charge is 0.346 e. The third-order valence-corrected chi connectivity index (χ3v) is 4.41. The highest BCUT2D eigenvalue weighted by Crippen LogP contribution is 2.26. The first-order valence-electron chi connectivity index (χ1n) is 7.27. The quantitative estimate of drug-likeness (QED) is 0.852. The zero-order valence-electron chi connectivity index (χ0n) is 11.3. The van der Waals surface area contributed by atoms with E-state index in [0.29, 0.717) is 12.0 Å². The molecule has 18 heavy (non-hydrogen) atoms. The summed E-state index contributed by atoms with van der Waals surface area (Å²) in [5.41, 5.74) is 1.36. The monoisotopic (exact) mass is 248 g/mol. The van der Waals surface area contributed by atoms with Gasteiger partial charge in [0.25, 0.3) is 0 Å². The molecule has 2 saturated heterocycles. The van der Waals surface area contributed by atoms with Crippen LogP contribution in [0.3, 0.4) is 0 Å². The van der Waals surface area contributed by atoms with E-state index >= 15 is 0 Å². The summed E-state index contributed by atoms with van der Waals surface area (Å²) in [6, 6.07) is 0.640. The Kier molecular flexibility index (Phi) is 3.66. The number of nitrogens with one attached hydrogen (secondary N) is 2. The standard InChI is InChI=1S/C14H24N4/c1-18-7-4-11(5-8-18)13-10-16-14(17-13)9-12-3-2-6-15-12/h10-12,15H,2-9H2,1H3,(H,16,17). The lowest BCUT2D eigenvalue weighted by Gasteiger charge is -2.28. The molecule has 0 spiro atoms. The Morgan fingerprint density at radius 3 is 2.89 bits per heavy atom. The molecule has 4 heteroatoms. The highest BCUT2D eigenvalue weighted by atomic mass is 15.1. The van der Waals surface area contributed by atoms with Gasteiger partial charge < -0.3 is 15.2 Å². The van der Waals surface area contributed by atoms with E-state index in [0.717, 1.165) is 6.42 Å². The maximum absolute atomic E-state index is 4.56. The van der Waals surface area contributed by atoms with Gasteiger partial charge in [-0.2, -0.15) is 0 Å². The summed E-state index contributed by atoms with van der Waals surface area (Å²) in [4.78, 5) is 10.5. The van der Waals surface area contributed by atoms with Gasteiger partial charge in [-0.05, 0) is 52.4 Å². The van der Waals surface area contributed by atoms with Gasteiger partial charge in [-0.3, -0.25) is 0 Å². The molecule has 0 aliphatic carbocycles. The molecule has 0 amide bonds. The summed E-state index contributed by atoms with van der Waals surface area (Å²) < 4.78 is 0. The maximum Gasteiger partial charge on any atom is 0.107 e. The topological polar surface area (TPSA) is 44.0 Å². The lowest BCUT2D eigenvalue weighted by Crippen LogP contribution is -2.29. The van der Waals surface area contributed by atoms with Crippen LogP contribution in [-0.4, -0.2) is 47.6 Å². The van der Waals surface area contributed by atoms with Crippen LogP contribution in [0.25, 0.3) is 0 Å². The van der Waals surface area contributed by atoms with Gasteiger partial charge in [-0.1, -0.05) is 0 Å². The van der Waals surface area contributed by atoms with E-state index in [4.69, 9.17) is 0 Å². The van der Waals surface area contributed by atoms with Crippen molar-refractivity contribution in [3.8, 4) is 0 Å². The molecular formula is C14H24N4. The van der Waals surface area contributed by atoms with Gasteiger partial charge in [0.2, 0.25) is 0 Å². The molecule has 0 radical (unpaired) electrons. The summed E-state index contributed by atoms with van der Waals surface area (Å²) in [5, 5.41) is 3.53. The second-order valence-electron chi connectivity index (χ2n) is 5.86. The number of H-pyrrole nitrogens is 1. The Morgan fingerprint density at radius 2 is 2.17 bits per heavy atom. The van der Waals surface area contributed by atoms with Crippen LogP contribution in [0.4, 0.5) is 0 Å². The molecule has 2 aliphatic rings. The van der Waals surface area contributed by atoms with E-state index in [-0.39, 0.29) is 0 Å². The van der Waals surface area contributed by atoms with Gasteiger partial charge in [0.05, 0.1) is 0 Å². The minimum atomic E-state index is 0.640. The molecule has 1 atom stereocenters. The van der Waals surface area contributed by atoms with Crippen molar-refractivity contribution < 1.29 is 0 Å². The van der Waals surface area contributed by atoms with Crippen LogP contribution in [-0.2, 0) is 6.42 Å². The number of hydrogen-bond acceptors (Lipinski definition) is 3. The van der Waals surface area contributed by atoms with Crippen molar-refractivity contribution in [3.05, 3.63) is 17.7 Å². The van der Waals surface area contributed by atoms with Gasteiger partial charge >= 0.3 is 0 Å². The number of likely N-dealkylation sites (tertiary alicyclic amines) is 1. The normalized spacial score (nSPS) is 26.8. The van der Waals surface area contributed by atoms with Crippen LogP contribution in [0.2, 0.25) is 0 Å². The zero-order valence-corrected chi connectivity index (χ0v) is 11.3. The van der Waals surface area contributed by atoms with Crippen LogP contribution < -0.4 is 5.32 Å². The average molecular weight is 248 g/mol. The predicted molar refractivity (Wildman–Crippen MR) is 72.8 cm³/mol. The molecule has 1 aromatic rings. The van der Waals surface area contributed by atoms with Crippen LogP contribution in [0.15, 0.2) is 6.20 Å². The third kappa shape index (κ3) is 2.75. The van der Waals surface area contributed by atoms with Crippen molar-refractivity contribution in [2.75, 3.05) is 26.7 Å². The fraction of sp³-hybridized carbons (Fsp3) is 0.786. The second-order valence-corrected chi connectivity index (χ2v) is 5.86. The highest BCUT2D eigenvalue weighted by Gasteiger charge is 2.21. The van der Waals surface area contributed by atoms with Gasteiger partial charge in [0.1, 0.15) is 5.82 Å². The molecule has 2 N–H and O–H groups in total. The minimum absolute atomic E-state index is 0.640. The first-order chi connectivity index (χ1) is 8.81. The Morgan fingerprint density at radius 1 is 1.33 bits per heavy atom. The number of rotatable bonds is 3. The fourth-order valence-corrected chi connectivity index (χ4v) is 3.17. The van der Waals surface area contributed by atoms with Gasteiger partial charge in [0, 0.05) is 30.3 Å². The molecule has 100 valence electrons. The number of nitrogens with zero attached hydrogens (tertiary/aromatic N) is 2. The van der Waals surface area contributed by atoms with Crippen molar-refractivity contribution in [1.82, 2.24) is 20.2 Å². The smallest absolute Gasteiger partial charge is 0.107 e. The van der Waals surface area contributed by atoms with E-state index in [9.17, 15) is 0 Å². The van der Waals surface area contributed by atoms with Crippen molar-refractivity contribution in [2.45, 2.75) is 44.1 Å². The number of imidazole rings is 1. The lowest BCUT2D eigenvalue weighted by atomic mass is 9.94. The van der Waals surface area contributed by atoms with Crippen LogP contribution in [0.5, 0.6) is 0 Å². The first-order valence-corrected chi connectivity index (χ1v) is 7.27. The summed E-state index contributed by atoms with van der Waals surface area (Å²) in [6.45, 7) is 3.60. The molecule has 2 aliphatic heterocycles. The molecule has 2 fully saturated rings. The maximum atomic E-state index is 4.56. The molecule has 0 aromatic carbocycles. The number of aromatic amines is 1. The van der Waals surface area contributed by atoms with Crippen molar-refractivity contribution in [3.63, 3.8) is 0 Å². The van der Waals surface area contributed by atoms with Crippen LogP contribution >= 0.6 is 0 Å². The Hall–Kier alpha value is -0.870. The van der Waals surface area contributed by atoms with Crippen molar-refractivity contribution in [1.29, 1.82) is 0 Å². The first kappa shape index (κ1) is 12.2. The summed E-state index contributed by atoms with van der Waals surface area (Å²) in [7, 11) is 2.21. The fourth-order valence-electron chi connectivity index (χ4n) is 3.17. The Labute approximate surface area is 109 Å². The third-order valence-electron chi connectivity index (χ3n) is 4.41.